The highest BCUT2D eigenvalue weighted by Crippen LogP contribution is 2.27. The van der Waals surface area contributed by atoms with Crippen molar-refractivity contribution in [3.8, 4) is 0 Å². The zero-order valence-electron chi connectivity index (χ0n) is 20.0. The van der Waals surface area contributed by atoms with Crippen LogP contribution in [-0.4, -0.2) is 50.0 Å². The predicted molar refractivity (Wildman–Crippen MR) is 138 cm³/mol. The normalized spacial score (nSPS) is 12.4. The molecule has 0 saturated carbocycles. The number of nitrogens with zero attached hydrogens (tertiary/aromatic N) is 2. The highest BCUT2D eigenvalue weighted by atomic mass is 35.5. The summed E-state index contributed by atoms with van der Waals surface area (Å²) < 4.78 is 26.3. The number of nitrogens with one attached hydrogen (secondary N) is 1. The molecule has 0 heterocycles. The van der Waals surface area contributed by atoms with E-state index < -0.39 is 28.5 Å². The van der Waals surface area contributed by atoms with Crippen molar-refractivity contribution in [1.29, 1.82) is 0 Å². The monoisotopic (exact) mass is 527 g/mol. The Balaban J connectivity index is 2.51. The van der Waals surface area contributed by atoms with Gasteiger partial charge in [-0.05, 0) is 57.0 Å². The van der Waals surface area contributed by atoms with Crippen LogP contribution in [0.2, 0.25) is 10.0 Å². The van der Waals surface area contributed by atoms with Gasteiger partial charge < -0.3 is 10.2 Å². The largest absolute Gasteiger partial charge is 0.352 e. The maximum Gasteiger partial charge on any atom is 0.244 e. The second-order valence-corrected chi connectivity index (χ2v) is 11.1. The lowest BCUT2D eigenvalue weighted by Gasteiger charge is -2.33. The number of carbonyl (C=O) groups excluding carboxylic acids is 2. The Morgan fingerprint density at radius 1 is 1.06 bits per heavy atom. The lowest BCUT2D eigenvalue weighted by molar-refractivity contribution is -0.140. The Morgan fingerprint density at radius 2 is 1.65 bits per heavy atom. The molecule has 0 aliphatic rings. The zero-order chi connectivity index (χ0) is 25.6. The summed E-state index contributed by atoms with van der Waals surface area (Å²) in [4.78, 5) is 28.0. The van der Waals surface area contributed by atoms with Gasteiger partial charge >= 0.3 is 0 Å². The number of carbonyl (C=O) groups is 2. The number of anilines is 1. The number of hydrogen-bond donors (Lipinski definition) is 1. The first-order valence-corrected chi connectivity index (χ1v) is 13.5. The van der Waals surface area contributed by atoms with E-state index >= 15 is 0 Å². The quantitative estimate of drug-likeness (QED) is 0.495. The fourth-order valence-electron chi connectivity index (χ4n) is 3.55. The van der Waals surface area contributed by atoms with E-state index in [2.05, 4.69) is 5.32 Å². The smallest absolute Gasteiger partial charge is 0.244 e. The van der Waals surface area contributed by atoms with Gasteiger partial charge in [0.25, 0.3) is 0 Å². The molecule has 0 aliphatic carbocycles. The molecule has 0 aliphatic heterocycles. The van der Waals surface area contributed by atoms with Crippen LogP contribution in [-0.2, 0) is 26.2 Å². The molecule has 0 saturated heterocycles. The topological polar surface area (TPSA) is 86.8 Å². The Hall–Kier alpha value is -2.29. The number of amides is 2. The number of sulfonamides is 1. The van der Waals surface area contributed by atoms with Gasteiger partial charge in [-0.25, -0.2) is 8.42 Å². The average Bonchev–Trinajstić information content (AvgIpc) is 2.72. The molecule has 2 aromatic carbocycles. The molecule has 0 bridgehead atoms. The fraction of sp³-hybridized carbons (Fsp3) is 0.417. The fourth-order valence-corrected chi connectivity index (χ4v) is 4.91. The number of benzene rings is 2. The third-order valence-corrected chi connectivity index (χ3v) is 7.02. The molecule has 7 nitrogen and oxygen atoms in total. The molecule has 2 aromatic rings. The molecule has 2 rings (SSSR count). The summed E-state index contributed by atoms with van der Waals surface area (Å²) in [5.41, 5.74) is 1.70. The Morgan fingerprint density at radius 3 is 2.15 bits per heavy atom. The molecule has 0 radical (unpaired) electrons. The lowest BCUT2D eigenvalue weighted by atomic mass is 10.1. The van der Waals surface area contributed by atoms with Crippen LogP contribution in [0.5, 0.6) is 0 Å². The van der Waals surface area contributed by atoms with Crippen molar-refractivity contribution in [2.75, 3.05) is 17.1 Å². The van der Waals surface area contributed by atoms with Crippen LogP contribution in [0.15, 0.2) is 42.5 Å². The summed E-state index contributed by atoms with van der Waals surface area (Å²) in [6.07, 6.45) is 1.36. The molecule has 186 valence electrons. The molecule has 34 heavy (non-hydrogen) atoms. The first kappa shape index (κ1) is 28.0. The van der Waals surface area contributed by atoms with E-state index in [1.807, 2.05) is 26.8 Å². The summed E-state index contributed by atoms with van der Waals surface area (Å²) in [5.74, 6) is -0.885. The lowest BCUT2D eigenvalue weighted by Crippen LogP contribution is -2.53. The third kappa shape index (κ3) is 7.35. The van der Waals surface area contributed by atoms with Gasteiger partial charge in [0, 0.05) is 28.2 Å². The minimum absolute atomic E-state index is 0.0488. The van der Waals surface area contributed by atoms with Gasteiger partial charge in [0.1, 0.15) is 12.6 Å². The molecule has 0 spiro atoms. The summed E-state index contributed by atoms with van der Waals surface area (Å²) >= 11 is 12.7. The van der Waals surface area contributed by atoms with Crippen LogP contribution in [0.4, 0.5) is 5.69 Å². The maximum absolute atomic E-state index is 13.6. The van der Waals surface area contributed by atoms with Crippen LogP contribution >= 0.6 is 23.2 Å². The minimum atomic E-state index is -3.79. The van der Waals surface area contributed by atoms with Crippen LogP contribution in [0, 0.1) is 6.92 Å². The van der Waals surface area contributed by atoms with Crippen LogP contribution in [0.25, 0.3) is 0 Å². The van der Waals surface area contributed by atoms with Crippen molar-refractivity contribution in [3.05, 3.63) is 63.6 Å². The predicted octanol–water partition coefficient (Wildman–Crippen LogP) is 4.40. The third-order valence-electron chi connectivity index (χ3n) is 5.18. The molecular weight excluding hydrogens is 497 g/mol. The van der Waals surface area contributed by atoms with Gasteiger partial charge in [0.15, 0.2) is 0 Å². The molecule has 10 heteroatoms. The SMILES string of the molecule is CC[C@H](C(=O)NC(C)C)N(Cc1c(Cl)cccc1Cl)C(=O)CN(c1cccc(C)c1)S(C)(=O)=O. The second-order valence-electron chi connectivity index (χ2n) is 8.42. The number of aryl methyl sites for hydroxylation is 1. The van der Waals surface area contributed by atoms with Crippen molar-refractivity contribution < 1.29 is 18.0 Å². The van der Waals surface area contributed by atoms with Crippen molar-refractivity contribution in [2.45, 2.75) is 52.7 Å². The second kappa shape index (κ2) is 11.9. The molecule has 0 fully saturated rings. The van der Waals surface area contributed by atoms with Crippen LogP contribution in [0.3, 0.4) is 0 Å². The highest BCUT2D eigenvalue weighted by molar-refractivity contribution is 7.92. The highest BCUT2D eigenvalue weighted by Gasteiger charge is 2.32. The number of halogens is 2. The van der Waals surface area contributed by atoms with E-state index in [0.717, 1.165) is 16.1 Å². The molecule has 0 unspecified atom stereocenters. The maximum atomic E-state index is 13.6. The molecule has 1 N–H and O–H groups in total. The van der Waals surface area contributed by atoms with Crippen molar-refractivity contribution in [3.63, 3.8) is 0 Å². The van der Waals surface area contributed by atoms with E-state index in [1.54, 1.807) is 43.3 Å². The first-order valence-electron chi connectivity index (χ1n) is 10.9. The molecule has 1 atom stereocenters. The van der Waals surface area contributed by atoms with Gasteiger partial charge in [0.05, 0.1) is 11.9 Å². The Kier molecular flexibility index (Phi) is 9.79. The standard InChI is InChI=1S/C24H31Cl2N3O4S/c1-6-22(24(31)27-16(2)3)28(14-19-20(25)11-8-12-21(19)26)23(30)15-29(34(5,32)33)18-10-7-9-17(4)13-18/h7-13,16,22H,6,14-15H2,1-5H3,(H,27,31)/t22-/m1/s1. The van der Waals surface area contributed by atoms with Crippen molar-refractivity contribution in [2.24, 2.45) is 0 Å². The Bertz CT molecular complexity index is 1120. The summed E-state index contributed by atoms with van der Waals surface area (Å²) in [6, 6.07) is 10.9. The number of rotatable bonds is 10. The summed E-state index contributed by atoms with van der Waals surface area (Å²) in [5, 5.41) is 3.54. The van der Waals surface area contributed by atoms with Crippen molar-refractivity contribution >= 4 is 50.7 Å². The molecular formula is C24H31Cl2N3O4S. The van der Waals surface area contributed by atoms with Crippen LogP contribution in [0.1, 0.15) is 38.3 Å². The van der Waals surface area contributed by atoms with Gasteiger partial charge in [-0.3, -0.25) is 13.9 Å². The zero-order valence-corrected chi connectivity index (χ0v) is 22.3. The van der Waals surface area contributed by atoms with E-state index in [9.17, 15) is 18.0 Å². The van der Waals surface area contributed by atoms with E-state index in [1.165, 1.54) is 4.90 Å². The molecule has 2 amide bonds. The van der Waals surface area contributed by atoms with Gasteiger partial charge in [-0.1, -0.05) is 48.3 Å². The number of hydrogen-bond acceptors (Lipinski definition) is 4. The van der Waals surface area contributed by atoms with E-state index in [-0.39, 0.29) is 18.5 Å². The van der Waals surface area contributed by atoms with Crippen LogP contribution < -0.4 is 9.62 Å². The average molecular weight is 529 g/mol. The summed E-state index contributed by atoms with van der Waals surface area (Å²) in [7, 11) is -3.79. The van der Waals surface area contributed by atoms with E-state index in [0.29, 0.717) is 27.7 Å². The Labute approximate surface area is 212 Å². The summed E-state index contributed by atoms with van der Waals surface area (Å²) in [6.45, 7) is 6.74. The first-order chi connectivity index (χ1) is 15.8. The van der Waals surface area contributed by atoms with Gasteiger partial charge in [-0.2, -0.15) is 0 Å². The van der Waals surface area contributed by atoms with Crippen molar-refractivity contribution in [1.82, 2.24) is 10.2 Å². The molecule has 0 aromatic heterocycles. The minimum Gasteiger partial charge on any atom is -0.352 e. The van der Waals surface area contributed by atoms with Gasteiger partial charge in [-0.15, -0.1) is 0 Å². The van der Waals surface area contributed by atoms with Gasteiger partial charge in [0.2, 0.25) is 21.8 Å². The van der Waals surface area contributed by atoms with E-state index in [4.69, 9.17) is 23.2 Å².